The molecule has 0 radical (unpaired) electrons. The van der Waals surface area contributed by atoms with Crippen LogP contribution in [0.5, 0.6) is 0 Å². The Hall–Kier alpha value is -1.86. The maximum absolute atomic E-state index is 12.7. The van der Waals surface area contributed by atoms with Gasteiger partial charge in [-0.1, -0.05) is 12.1 Å². The quantitative estimate of drug-likeness (QED) is 0.859. The molecule has 2 aliphatic heterocycles. The molecule has 2 heterocycles. The van der Waals surface area contributed by atoms with Gasteiger partial charge in [0.15, 0.2) is 0 Å². The molecular weight excluding hydrogens is 274 g/mol. The summed E-state index contributed by atoms with van der Waals surface area (Å²) in [5.74, 6) is 0.229. The summed E-state index contributed by atoms with van der Waals surface area (Å²) in [4.78, 5) is 17.2. The van der Waals surface area contributed by atoms with Gasteiger partial charge in [-0.3, -0.25) is 4.79 Å². The van der Waals surface area contributed by atoms with Gasteiger partial charge in [-0.25, -0.2) is 0 Å². The molecule has 3 rings (SSSR count). The largest absolute Gasteiger partial charge is 0.338 e. The average Bonchev–Trinajstić information content (AvgIpc) is 3.16. The number of benzene rings is 1. The highest BCUT2D eigenvalue weighted by molar-refractivity contribution is 5.79. The van der Waals surface area contributed by atoms with Crippen molar-refractivity contribution in [3.05, 3.63) is 35.4 Å². The zero-order valence-electron chi connectivity index (χ0n) is 13.2. The lowest BCUT2D eigenvalue weighted by Gasteiger charge is -2.33. The highest BCUT2D eigenvalue weighted by Gasteiger charge is 2.38. The van der Waals surface area contributed by atoms with Crippen molar-refractivity contribution in [2.24, 2.45) is 0 Å². The number of nitriles is 1. The molecule has 22 heavy (non-hydrogen) atoms. The van der Waals surface area contributed by atoms with Crippen LogP contribution in [0.15, 0.2) is 24.3 Å². The summed E-state index contributed by atoms with van der Waals surface area (Å²) in [7, 11) is 2.18. The van der Waals surface area contributed by atoms with Crippen LogP contribution in [0, 0.1) is 11.3 Å². The van der Waals surface area contributed by atoms with E-state index in [2.05, 4.69) is 22.9 Å². The summed E-state index contributed by atoms with van der Waals surface area (Å²) < 4.78 is 0. The SMILES string of the molecule is CN1CCC[C@H]1[C@H]1CCCN1C(=O)Cc1ccc(C#N)cc1. The van der Waals surface area contributed by atoms with Crippen LogP contribution in [0.2, 0.25) is 0 Å². The normalized spacial score (nSPS) is 25.4. The minimum atomic E-state index is 0.229. The Bertz CT molecular complexity index is 575. The number of hydrogen-bond donors (Lipinski definition) is 0. The first-order valence-corrected chi connectivity index (χ1v) is 8.18. The number of amides is 1. The lowest BCUT2D eigenvalue weighted by Crippen LogP contribution is -2.47. The first-order chi connectivity index (χ1) is 10.7. The molecule has 0 unspecified atom stereocenters. The Kier molecular flexibility index (Phi) is 4.44. The lowest BCUT2D eigenvalue weighted by molar-refractivity contribution is -0.132. The molecule has 1 aromatic carbocycles. The van der Waals surface area contributed by atoms with Crippen molar-refractivity contribution in [1.82, 2.24) is 9.80 Å². The van der Waals surface area contributed by atoms with Crippen molar-refractivity contribution in [3.8, 4) is 6.07 Å². The zero-order chi connectivity index (χ0) is 15.5. The van der Waals surface area contributed by atoms with E-state index in [1.807, 2.05) is 12.1 Å². The maximum atomic E-state index is 12.7. The maximum Gasteiger partial charge on any atom is 0.227 e. The predicted molar refractivity (Wildman–Crippen MR) is 85.2 cm³/mol. The fourth-order valence-corrected chi connectivity index (χ4v) is 3.90. The standard InChI is InChI=1S/C18H23N3O/c1-20-10-2-4-16(20)17-5-3-11-21(17)18(22)12-14-6-8-15(13-19)9-7-14/h6-9,16-17H,2-5,10-12H2,1H3/t16-,17+/m0/s1. The van der Waals surface area contributed by atoms with E-state index in [0.717, 1.165) is 31.5 Å². The van der Waals surface area contributed by atoms with Gasteiger partial charge in [0.1, 0.15) is 0 Å². The molecule has 2 fully saturated rings. The summed E-state index contributed by atoms with van der Waals surface area (Å²) in [6.07, 6.45) is 5.15. The molecule has 0 aliphatic carbocycles. The number of hydrogen-bond acceptors (Lipinski definition) is 3. The molecule has 0 spiro atoms. The third-order valence-electron chi connectivity index (χ3n) is 5.08. The summed E-state index contributed by atoms with van der Waals surface area (Å²) >= 11 is 0. The second-order valence-corrected chi connectivity index (χ2v) is 6.47. The smallest absolute Gasteiger partial charge is 0.227 e. The van der Waals surface area contributed by atoms with E-state index in [-0.39, 0.29) is 5.91 Å². The van der Waals surface area contributed by atoms with Crippen LogP contribution in [0.25, 0.3) is 0 Å². The minimum absolute atomic E-state index is 0.229. The number of likely N-dealkylation sites (tertiary alicyclic amines) is 2. The number of likely N-dealkylation sites (N-methyl/N-ethyl adjacent to an activating group) is 1. The van der Waals surface area contributed by atoms with E-state index in [1.165, 1.54) is 12.8 Å². The zero-order valence-corrected chi connectivity index (χ0v) is 13.2. The van der Waals surface area contributed by atoms with Crippen LogP contribution in [-0.2, 0) is 11.2 Å². The van der Waals surface area contributed by atoms with Gasteiger partial charge < -0.3 is 9.80 Å². The van der Waals surface area contributed by atoms with E-state index in [9.17, 15) is 4.79 Å². The van der Waals surface area contributed by atoms with Crippen LogP contribution in [0.4, 0.5) is 0 Å². The summed E-state index contributed by atoms with van der Waals surface area (Å²) in [6, 6.07) is 10.4. The number of nitrogens with zero attached hydrogens (tertiary/aromatic N) is 3. The van der Waals surface area contributed by atoms with Gasteiger partial charge >= 0.3 is 0 Å². The third-order valence-corrected chi connectivity index (χ3v) is 5.08. The van der Waals surface area contributed by atoms with Crippen molar-refractivity contribution in [2.45, 2.75) is 44.2 Å². The minimum Gasteiger partial charge on any atom is -0.338 e. The Morgan fingerprint density at radius 1 is 1.18 bits per heavy atom. The molecule has 2 atom stereocenters. The first kappa shape index (κ1) is 15.1. The fourth-order valence-electron chi connectivity index (χ4n) is 3.90. The monoisotopic (exact) mass is 297 g/mol. The van der Waals surface area contributed by atoms with Crippen LogP contribution in [0.3, 0.4) is 0 Å². The van der Waals surface area contributed by atoms with Gasteiger partial charge in [-0.15, -0.1) is 0 Å². The van der Waals surface area contributed by atoms with Crippen molar-refractivity contribution in [2.75, 3.05) is 20.1 Å². The molecule has 2 saturated heterocycles. The molecule has 0 aromatic heterocycles. The molecule has 2 aliphatic rings. The molecule has 4 nitrogen and oxygen atoms in total. The van der Waals surface area contributed by atoms with E-state index >= 15 is 0 Å². The molecule has 0 N–H and O–H groups in total. The van der Waals surface area contributed by atoms with E-state index in [1.54, 1.807) is 12.1 Å². The van der Waals surface area contributed by atoms with E-state index in [4.69, 9.17) is 5.26 Å². The number of rotatable bonds is 3. The Morgan fingerprint density at radius 2 is 1.86 bits per heavy atom. The molecule has 116 valence electrons. The Labute approximate surface area is 132 Å². The molecule has 1 aromatic rings. The van der Waals surface area contributed by atoms with Gasteiger partial charge in [0, 0.05) is 18.6 Å². The lowest BCUT2D eigenvalue weighted by atomic mass is 10.0. The Balaban J connectivity index is 1.66. The molecule has 0 saturated carbocycles. The van der Waals surface area contributed by atoms with E-state index < -0.39 is 0 Å². The predicted octanol–water partition coefficient (Wildman–Crippen LogP) is 2.19. The highest BCUT2D eigenvalue weighted by Crippen LogP contribution is 2.29. The van der Waals surface area contributed by atoms with Gasteiger partial charge in [0.25, 0.3) is 0 Å². The van der Waals surface area contributed by atoms with Gasteiger partial charge in [-0.2, -0.15) is 5.26 Å². The first-order valence-electron chi connectivity index (χ1n) is 8.18. The van der Waals surface area contributed by atoms with Crippen molar-refractivity contribution in [3.63, 3.8) is 0 Å². The second kappa shape index (κ2) is 6.50. The molecule has 1 amide bonds. The van der Waals surface area contributed by atoms with Crippen LogP contribution < -0.4 is 0 Å². The number of carbonyl (C=O) groups is 1. The van der Waals surface area contributed by atoms with E-state index in [0.29, 0.717) is 24.1 Å². The fraction of sp³-hybridized carbons (Fsp3) is 0.556. The van der Waals surface area contributed by atoms with Crippen LogP contribution in [-0.4, -0.2) is 47.9 Å². The number of carbonyl (C=O) groups excluding carboxylic acids is 1. The third kappa shape index (κ3) is 3.00. The summed E-state index contributed by atoms with van der Waals surface area (Å²) in [5, 5.41) is 8.83. The molecular formula is C18H23N3O. The molecule has 4 heteroatoms. The van der Waals surface area contributed by atoms with Crippen molar-refractivity contribution >= 4 is 5.91 Å². The second-order valence-electron chi connectivity index (χ2n) is 6.47. The van der Waals surface area contributed by atoms with Gasteiger partial charge in [-0.05, 0) is 57.0 Å². The average molecular weight is 297 g/mol. The molecule has 0 bridgehead atoms. The summed E-state index contributed by atoms with van der Waals surface area (Å²) in [5.41, 5.74) is 1.64. The highest BCUT2D eigenvalue weighted by atomic mass is 16.2. The van der Waals surface area contributed by atoms with Gasteiger partial charge in [0.2, 0.25) is 5.91 Å². The Morgan fingerprint density at radius 3 is 2.50 bits per heavy atom. The van der Waals surface area contributed by atoms with Crippen LogP contribution in [0.1, 0.15) is 36.8 Å². The van der Waals surface area contributed by atoms with Crippen molar-refractivity contribution < 1.29 is 4.79 Å². The van der Waals surface area contributed by atoms with Crippen LogP contribution >= 0.6 is 0 Å². The summed E-state index contributed by atoms with van der Waals surface area (Å²) in [6.45, 7) is 2.04. The van der Waals surface area contributed by atoms with Gasteiger partial charge in [0.05, 0.1) is 18.1 Å². The van der Waals surface area contributed by atoms with Crippen molar-refractivity contribution in [1.29, 1.82) is 5.26 Å². The topological polar surface area (TPSA) is 47.3 Å².